The molecule has 0 saturated heterocycles. The lowest BCUT2D eigenvalue weighted by molar-refractivity contribution is 0.0630. The van der Waals surface area contributed by atoms with Crippen LogP contribution in [0, 0.1) is 0 Å². The Bertz CT molecular complexity index is 1130. The molecule has 0 spiro atoms. The number of rotatable bonds is 4. The number of anilines is 1. The molecule has 1 atom stereocenters. The van der Waals surface area contributed by atoms with Crippen LogP contribution in [0.15, 0.2) is 83.8 Å². The van der Waals surface area contributed by atoms with Crippen molar-refractivity contribution in [3.8, 4) is 5.75 Å². The third-order valence-corrected chi connectivity index (χ3v) is 5.76. The highest BCUT2D eigenvalue weighted by molar-refractivity contribution is 7.89. The minimum absolute atomic E-state index is 0.0256. The van der Waals surface area contributed by atoms with E-state index in [0.717, 1.165) is 5.01 Å². The number of nitrogens with zero attached hydrogens (tertiary/aromatic N) is 1. The summed E-state index contributed by atoms with van der Waals surface area (Å²) < 4.78 is 25.6. The first-order valence-corrected chi connectivity index (χ1v) is 10.0. The molecule has 1 amide bonds. The smallest absolute Gasteiger partial charge is 0.273 e. The minimum atomic E-state index is -4.02. The second-order valence-electron chi connectivity index (χ2n) is 6.23. The lowest BCUT2D eigenvalue weighted by atomic mass is 10.0. The molecule has 0 bridgehead atoms. The van der Waals surface area contributed by atoms with E-state index in [1.165, 1.54) is 18.2 Å². The minimum Gasteiger partial charge on any atom is -0.508 e. The van der Waals surface area contributed by atoms with Gasteiger partial charge in [0.2, 0.25) is 0 Å². The molecule has 28 heavy (non-hydrogen) atoms. The van der Waals surface area contributed by atoms with Gasteiger partial charge in [0.25, 0.3) is 15.9 Å². The van der Waals surface area contributed by atoms with Crippen LogP contribution in [0.4, 0.5) is 5.69 Å². The molecule has 0 aromatic heterocycles. The normalized spacial score (nSPS) is 16.4. The zero-order valence-electron chi connectivity index (χ0n) is 14.6. The van der Waals surface area contributed by atoms with E-state index in [-0.39, 0.29) is 10.6 Å². The standard InChI is InChI=1S/C20H17N3O4S/c24-18-13-7-5-11-16(18)19-21-17-12-6-4-10-15(17)20(25)23(19)22-28(26,27)14-8-2-1-3-9-14/h1-13,19,21-22,24H/t19-/m0/s1. The maximum Gasteiger partial charge on any atom is 0.273 e. The van der Waals surface area contributed by atoms with E-state index in [1.807, 2.05) is 0 Å². The van der Waals surface area contributed by atoms with Crippen LogP contribution in [-0.4, -0.2) is 24.4 Å². The average molecular weight is 395 g/mol. The Morgan fingerprint density at radius 1 is 0.893 bits per heavy atom. The number of nitrogens with one attached hydrogen (secondary N) is 2. The highest BCUT2D eigenvalue weighted by Crippen LogP contribution is 2.35. The van der Waals surface area contributed by atoms with Crippen LogP contribution in [0.3, 0.4) is 0 Å². The summed E-state index contributed by atoms with van der Waals surface area (Å²) >= 11 is 0. The maximum atomic E-state index is 13.1. The van der Waals surface area contributed by atoms with E-state index in [9.17, 15) is 18.3 Å². The predicted octanol–water partition coefficient (Wildman–Crippen LogP) is 2.85. The van der Waals surface area contributed by atoms with Gasteiger partial charge in [0, 0.05) is 11.3 Å². The zero-order valence-corrected chi connectivity index (χ0v) is 15.4. The third kappa shape index (κ3) is 3.19. The van der Waals surface area contributed by atoms with E-state index in [2.05, 4.69) is 10.1 Å². The van der Waals surface area contributed by atoms with Gasteiger partial charge in [-0.3, -0.25) is 4.79 Å². The molecule has 1 aliphatic heterocycles. The second-order valence-corrected chi connectivity index (χ2v) is 7.90. The number of benzene rings is 3. The monoisotopic (exact) mass is 395 g/mol. The number of hydrogen-bond acceptors (Lipinski definition) is 5. The van der Waals surface area contributed by atoms with Crippen molar-refractivity contribution in [2.24, 2.45) is 0 Å². The maximum absolute atomic E-state index is 13.1. The number of para-hydroxylation sites is 2. The Balaban J connectivity index is 1.80. The fraction of sp³-hybridized carbons (Fsp3) is 0.0500. The third-order valence-electron chi connectivity index (χ3n) is 4.43. The highest BCUT2D eigenvalue weighted by Gasteiger charge is 2.37. The van der Waals surface area contributed by atoms with Gasteiger partial charge in [-0.1, -0.05) is 48.5 Å². The molecule has 3 N–H and O–H groups in total. The molecule has 3 aromatic carbocycles. The number of phenols is 1. The van der Waals surface area contributed by atoms with Crippen LogP contribution >= 0.6 is 0 Å². The molecule has 142 valence electrons. The summed E-state index contributed by atoms with van der Waals surface area (Å²) in [5.74, 6) is -0.585. The molecule has 1 heterocycles. The number of hydrazine groups is 1. The highest BCUT2D eigenvalue weighted by atomic mass is 32.2. The first-order chi connectivity index (χ1) is 13.5. The first kappa shape index (κ1) is 18.0. The van der Waals surface area contributed by atoms with Crippen molar-refractivity contribution in [3.63, 3.8) is 0 Å². The molecule has 0 radical (unpaired) electrons. The molecular weight excluding hydrogens is 378 g/mol. The van der Waals surface area contributed by atoms with Crippen molar-refractivity contribution in [3.05, 3.63) is 90.0 Å². The Morgan fingerprint density at radius 3 is 2.29 bits per heavy atom. The summed E-state index contributed by atoms with van der Waals surface area (Å²) in [6, 6.07) is 21.0. The van der Waals surface area contributed by atoms with Crippen LogP contribution in [0.5, 0.6) is 5.75 Å². The second kappa shape index (κ2) is 6.99. The van der Waals surface area contributed by atoms with Gasteiger partial charge in [-0.25, -0.2) is 13.4 Å². The summed E-state index contributed by atoms with van der Waals surface area (Å²) in [6.07, 6.45) is -0.929. The molecule has 0 unspecified atom stereocenters. The van der Waals surface area contributed by atoms with Gasteiger partial charge >= 0.3 is 0 Å². The summed E-state index contributed by atoms with van der Waals surface area (Å²) in [5.41, 5.74) is 1.24. The van der Waals surface area contributed by atoms with Crippen molar-refractivity contribution in [1.29, 1.82) is 0 Å². The van der Waals surface area contributed by atoms with Crippen molar-refractivity contribution < 1.29 is 18.3 Å². The van der Waals surface area contributed by atoms with Crippen LogP contribution in [0.2, 0.25) is 0 Å². The Morgan fingerprint density at radius 2 is 1.54 bits per heavy atom. The van der Waals surface area contributed by atoms with Gasteiger partial charge in [-0.2, -0.15) is 0 Å². The molecular formula is C20H17N3O4S. The van der Waals surface area contributed by atoms with Gasteiger partial charge in [0.15, 0.2) is 0 Å². The summed E-state index contributed by atoms with van der Waals surface area (Å²) in [4.78, 5) is 15.5. The van der Waals surface area contributed by atoms with Gasteiger partial charge < -0.3 is 10.4 Å². The van der Waals surface area contributed by atoms with E-state index in [4.69, 9.17) is 0 Å². The number of carbonyl (C=O) groups is 1. The zero-order chi connectivity index (χ0) is 19.7. The van der Waals surface area contributed by atoms with Crippen LogP contribution in [0.25, 0.3) is 0 Å². The largest absolute Gasteiger partial charge is 0.508 e. The van der Waals surface area contributed by atoms with Gasteiger partial charge in [-0.05, 0) is 30.3 Å². The van der Waals surface area contributed by atoms with Crippen molar-refractivity contribution in [2.45, 2.75) is 11.1 Å². The predicted molar refractivity (Wildman–Crippen MR) is 104 cm³/mol. The molecule has 0 fully saturated rings. The number of fused-ring (bicyclic) bond motifs is 1. The van der Waals surface area contributed by atoms with Gasteiger partial charge in [0.05, 0.1) is 10.5 Å². The number of carbonyl (C=O) groups excluding carboxylic acids is 1. The van der Waals surface area contributed by atoms with E-state index >= 15 is 0 Å². The lowest BCUT2D eigenvalue weighted by Crippen LogP contribution is -2.52. The van der Waals surface area contributed by atoms with Crippen molar-refractivity contribution in [2.75, 3.05) is 5.32 Å². The molecule has 4 rings (SSSR count). The number of aromatic hydroxyl groups is 1. The van der Waals surface area contributed by atoms with Gasteiger partial charge in [0.1, 0.15) is 11.9 Å². The summed E-state index contributed by atoms with van der Waals surface area (Å²) in [5, 5.41) is 14.4. The lowest BCUT2D eigenvalue weighted by Gasteiger charge is -2.37. The molecule has 1 aliphatic rings. The van der Waals surface area contributed by atoms with Crippen LogP contribution < -0.4 is 10.1 Å². The Kier molecular flexibility index (Phi) is 4.50. The van der Waals surface area contributed by atoms with E-state index in [0.29, 0.717) is 16.8 Å². The van der Waals surface area contributed by atoms with Crippen LogP contribution in [0.1, 0.15) is 22.1 Å². The topological polar surface area (TPSA) is 98.7 Å². The quantitative estimate of drug-likeness (QED) is 0.631. The Labute approximate surface area is 162 Å². The molecule has 7 nitrogen and oxygen atoms in total. The number of hydrogen-bond donors (Lipinski definition) is 3. The summed E-state index contributed by atoms with van der Waals surface area (Å²) in [6.45, 7) is 0. The molecule has 0 saturated carbocycles. The fourth-order valence-corrected chi connectivity index (χ4v) is 4.13. The summed E-state index contributed by atoms with van der Waals surface area (Å²) in [7, 11) is -4.02. The molecule has 8 heteroatoms. The fourth-order valence-electron chi connectivity index (χ4n) is 3.07. The van der Waals surface area contributed by atoms with Gasteiger partial charge in [-0.15, -0.1) is 4.83 Å². The first-order valence-electron chi connectivity index (χ1n) is 8.52. The van der Waals surface area contributed by atoms with Crippen molar-refractivity contribution >= 4 is 21.6 Å². The number of phenolic OH excluding ortho intramolecular Hbond substituents is 1. The van der Waals surface area contributed by atoms with E-state index in [1.54, 1.807) is 60.7 Å². The van der Waals surface area contributed by atoms with Crippen molar-refractivity contribution in [1.82, 2.24) is 9.84 Å². The average Bonchev–Trinajstić information content (AvgIpc) is 2.71. The van der Waals surface area contributed by atoms with E-state index < -0.39 is 22.1 Å². The van der Waals surface area contributed by atoms with Crippen LogP contribution in [-0.2, 0) is 10.0 Å². The number of amides is 1. The number of sulfonamides is 1. The molecule has 3 aromatic rings. The SMILES string of the molecule is O=C1c2ccccc2N[C@H](c2ccccc2O)N1NS(=O)(=O)c1ccccc1. The molecule has 0 aliphatic carbocycles. The Hall–Kier alpha value is -3.36.